The van der Waals surface area contributed by atoms with Crippen LogP contribution in [-0.4, -0.2) is 88.2 Å². The van der Waals surface area contributed by atoms with Crippen LogP contribution in [0.5, 0.6) is 0 Å². The van der Waals surface area contributed by atoms with Crippen molar-refractivity contribution in [2.24, 2.45) is 5.73 Å². The number of carboxylic acid groups (broad SMARTS) is 1. The highest BCUT2D eigenvalue weighted by atomic mass is 32.2. The lowest BCUT2D eigenvalue weighted by atomic mass is 10.1. The first-order valence-corrected chi connectivity index (χ1v) is 11.9. The zero-order chi connectivity index (χ0) is 22.6. The molecule has 0 aliphatic heterocycles. The largest absolute Gasteiger partial charge is 0.480 e. The number of carboxylic acids is 1. The Kier molecular flexibility index (Phi) is 13.7. The van der Waals surface area contributed by atoms with Crippen molar-refractivity contribution in [2.45, 2.75) is 57.0 Å². The molecule has 0 spiro atoms. The number of nitrogens with two attached hydrogens (primary N) is 1. The summed E-state index contributed by atoms with van der Waals surface area (Å²) in [7, 11) is 0. The summed E-state index contributed by atoms with van der Waals surface area (Å²) in [5, 5.41) is 25.9. The molecule has 0 aromatic carbocycles. The fourth-order valence-electron chi connectivity index (χ4n) is 2.14. The van der Waals surface area contributed by atoms with E-state index < -0.39 is 54.0 Å². The van der Waals surface area contributed by atoms with E-state index in [1.54, 1.807) is 0 Å². The normalized spacial score (nSPS) is 16.1. The number of aliphatic hydroxyl groups excluding tert-OH is 1. The molecule has 0 heterocycles. The fraction of sp³-hybridized carbons (Fsp3) is 0.765. The number of nitrogens with one attached hydrogen (secondary N) is 3. The van der Waals surface area contributed by atoms with E-state index in [0.29, 0.717) is 24.3 Å². The fourth-order valence-corrected chi connectivity index (χ4v) is 3.09. The molecule has 0 aliphatic carbocycles. The molecule has 7 N–H and O–H groups in total. The summed E-state index contributed by atoms with van der Waals surface area (Å²) in [6.07, 6.45) is 3.20. The molecule has 10 nitrogen and oxygen atoms in total. The first kappa shape index (κ1) is 27.5. The Morgan fingerprint density at radius 2 is 1.28 bits per heavy atom. The quantitative estimate of drug-likeness (QED) is 0.189. The van der Waals surface area contributed by atoms with E-state index in [-0.39, 0.29) is 0 Å². The highest BCUT2D eigenvalue weighted by molar-refractivity contribution is 7.98. The third kappa shape index (κ3) is 10.7. The third-order valence-corrected chi connectivity index (χ3v) is 5.33. The Hall–Kier alpha value is -1.50. The van der Waals surface area contributed by atoms with Gasteiger partial charge >= 0.3 is 5.97 Å². The van der Waals surface area contributed by atoms with Gasteiger partial charge in [0, 0.05) is 0 Å². The molecule has 0 rings (SSSR count). The number of carbonyl (C=O) groups is 4. The molecule has 0 radical (unpaired) electrons. The Morgan fingerprint density at radius 1 is 0.862 bits per heavy atom. The molecule has 0 saturated heterocycles. The van der Waals surface area contributed by atoms with E-state index in [1.165, 1.54) is 37.4 Å². The maximum absolute atomic E-state index is 12.7. The average Bonchev–Trinajstić information content (AvgIpc) is 2.66. The second kappa shape index (κ2) is 14.5. The van der Waals surface area contributed by atoms with Crippen LogP contribution in [0.1, 0.15) is 26.7 Å². The minimum Gasteiger partial charge on any atom is -0.480 e. The van der Waals surface area contributed by atoms with Gasteiger partial charge in [-0.05, 0) is 50.7 Å². The minimum absolute atomic E-state index is 0.293. The van der Waals surface area contributed by atoms with E-state index in [1.807, 2.05) is 12.5 Å². The molecule has 0 aromatic rings. The standard InChI is InChI=1S/C17H32N4O6S2/c1-9(17(26)27)19-14(23)11(5-7-28-3)20-15(24)12(6-8-29-4)21-16(25)13(18)10(2)22/h9-13,22H,5-8,18H2,1-4H3,(H,19,23)(H,20,24)(H,21,25)(H,26,27). The second-order valence-electron chi connectivity index (χ2n) is 6.52. The lowest BCUT2D eigenvalue weighted by Crippen LogP contribution is -2.58. The molecule has 0 aromatic heterocycles. The Bertz CT molecular complexity index is 564. The number of aliphatic hydroxyl groups is 1. The van der Waals surface area contributed by atoms with Crippen molar-refractivity contribution < 1.29 is 29.4 Å². The number of thioether (sulfide) groups is 2. The predicted octanol–water partition coefficient (Wildman–Crippen LogP) is -1.24. The van der Waals surface area contributed by atoms with Crippen LogP contribution in [0.25, 0.3) is 0 Å². The lowest BCUT2D eigenvalue weighted by Gasteiger charge is -2.25. The summed E-state index contributed by atoms with van der Waals surface area (Å²) in [4.78, 5) is 48.3. The smallest absolute Gasteiger partial charge is 0.325 e. The summed E-state index contributed by atoms with van der Waals surface area (Å²) < 4.78 is 0. The van der Waals surface area contributed by atoms with Crippen molar-refractivity contribution in [3.05, 3.63) is 0 Å². The Labute approximate surface area is 179 Å². The molecular weight excluding hydrogens is 420 g/mol. The van der Waals surface area contributed by atoms with Crippen molar-refractivity contribution in [1.29, 1.82) is 0 Å². The number of hydrogen-bond donors (Lipinski definition) is 6. The zero-order valence-electron chi connectivity index (χ0n) is 17.1. The van der Waals surface area contributed by atoms with E-state index in [2.05, 4.69) is 16.0 Å². The van der Waals surface area contributed by atoms with Crippen molar-refractivity contribution >= 4 is 47.2 Å². The SMILES string of the molecule is CSCCC(NC(=O)C(CCSC)NC(=O)C(N)C(C)O)C(=O)NC(C)C(=O)O. The number of amides is 3. The molecule has 29 heavy (non-hydrogen) atoms. The minimum atomic E-state index is -1.19. The summed E-state index contributed by atoms with van der Waals surface area (Å²) in [6.45, 7) is 2.69. The summed E-state index contributed by atoms with van der Waals surface area (Å²) in [5.41, 5.74) is 5.61. The maximum Gasteiger partial charge on any atom is 0.325 e. The first-order valence-electron chi connectivity index (χ1n) is 9.10. The van der Waals surface area contributed by atoms with Crippen molar-refractivity contribution in [2.75, 3.05) is 24.0 Å². The molecule has 12 heteroatoms. The van der Waals surface area contributed by atoms with Gasteiger partial charge in [0.2, 0.25) is 17.7 Å². The molecule has 5 atom stereocenters. The average molecular weight is 453 g/mol. The maximum atomic E-state index is 12.7. The summed E-state index contributed by atoms with van der Waals surface area (Å²) in [5.74, 6) is -1.92. The Morgan fingerprint density at radius 3 is 1.66 bits per heavy atom. The number of rotatable bonds is 14. The molecule has 5 unspecified atom stereocenters. The van der Waals surface area contributed by atoms with Gasteiger partial charge < -0.3 is 31.9 Å². The Balaban J connectivity index is 5.24. The van der Waals surface area contributed by atoms with Gasteiger partial charge in [-0.1, -0.05) is 0 Å². The molecular formula is C17H32N4O6S2. The third-order valence-electron chi connectivity index (χ3n) is 4.04. The van der Waals surface area contributed by atoms with Crippen LogP contribution < -0.4 is 21.7 Å². The van der Waals surface area contributed by atoms with Gasteiger partial charge in [-0.15, -0.1) is 0 Å². The van der Waals surface area contributed by atoms with Crippen molar-refractivity contribution in [3.63, 3.8) is 0 Å². The van der Waals surface area contributed by atoms with Crippen LogP contribution >= 0.6 is 23.5 Å². The van der Waals surface area contributed by atoms with E-state index >= 15 is 0 Å². The number of aliphatic carboxylic acids is 1. The van der Waals surface area contributed by atoms with E-state index in [9.17, 15) is 24.3 Å². The predicted molar refractivity (Wildman–Crippen MR) is 115 cm³/mol. The topological polar surface area (TPSA) is 171 Å². The van der Waals surface area contributed by atoms with Gasteiger partial charge in [-0.2, -0.15) is 23.5 Å². The molecule has 0 fully saturated rings. The van der Waals surface area contributed by atoms with Crippen LogP contribution in [0, 0.1) is 0 Å². The summed E-state index contributed by atoms with van der Waals surface area (Å²) >= 11 is 2.95. The van der Waals surface area contributed by atoms with Crippen LogP contribution in [-0.2, 0) is 19.2 Å². The zero-order valence-corrected chi connectivity index (χ0v) is 18.8. The second-order valence-corrected chi connectivity index (χ2v) is 8.49. The van der Waals surface area contributed by atoms with Gasteiger partial charge in [-0.25, -0.2) is 0 Å². The van der Waals surface area contributed by atoms with Crippen LogP contribution in [0.4, 0.5) is 0 Å². The van der Waals surface area contributed by atoms with Gasteiger partial charge in [-0.3, -0.25) is 19.2 Å². The van der Waals surface area contributed by atoms with Crippen LogP contribution in [0.2, 0.25) is 0 Å². The molecule has 0 bridgehead atoms. The highest BCUT2D eigenvalue weighted by Crippen LogP contribution is 2.06. The molecule has 3 amide bonds. The van der Waals surface area contributed by atoms with Gasteiger partial charge in [0.05, 0.1) is 6.10 Å². The number of hydrogen-bond acceptors (Lipinski definition) is 8. The lowest BCUT2D eigenvalue weighted by molar-refractivity contribution is -0.141. The van der Waals surface area contributed by atoms with E-state index in [4.69, 9.17) is 10.8 Å². The van der Waals surface area contributed by atoms with Crippen LogP contribution in [0.3, 0.4) is 0 Å². The van der Waals surface area contributed by atoms with Crippen LogP contribution in [0.15, 0.2) is 0 Å². The first-order chi connectivity index (χ1) is 13.5. The van der Waals surface area contributed by atoms with Crippen molar-refractivity contribution in [1.82, 2.24) is 16.0 Å². The summed E-state index contributed by atoms with van der Waals surface area (Å²) in [6, 6.07) is -4.18. The molecule has 0 aliphatic rings. The van der Waals surface area contributed by atoms with Gasteiger partial charge in [0.15, 0.2) is 0 Å². The van der Waals surface area contributed by atoms with Gasteiger partial charge in [0.25, 0.3) is 0 Å². The number of carbonyl (C=O) groups excluding carboxylic acids is 3. The molecule has 0 saturated carbocycles. The van der Waals surface area contributed by atoms with E-state index in [0.717, 1.165) is 0 Å². The van der Waals surface area contributed by atoms with Crippen molar-refractivity contribution in [3.8, 4) is 0 Å². The highest BCUT2D eigenvalue weighted by Gasteiger charge is 2.29. The monoisotopic (exact) mass is 452 g/mol. The molecule has 168 valence electrons. The van der Waals surface area contributed by atoms with Gasteiger partial charge in [0.1, 0.15) is 24.2 Å².